The number of urea groups is 1. The molecular formula is C32H45N5O7. The van der Waals surface area contributed by atoms with Gasteiger partial charge in [0, 0.05) is 37.4 Å². The van der Waals surface area contributed by atoms with Crippen molar-refractivity contribution in [1.82, 2.24) is 25.8 Å². The van der Waals surface area contributed by atoms with Crippen LogP contribution in [0.3, 0.4) is 0 Å². The molecule has 1 saturated carbocycles. The van der Waals surface area contributed by atoms with Crippen LogP contribution in [0.5, 0.6) is 0 Å². The van der Waals surface area contributed by atoms with Crippen molar-refractivity contribution in [1.29, 1.82) is 0 Å². The van der Waals surface area contributed by atoms with Gasteiger partial charge in [-0.3, -0.25) is 9.59 Å². The largest absolute Gasteiger partial charge is 0.479 e. The van der Waals surface area contributed by atoms with Crippen LogP contribution in [-0.2, 0) is 19.1 Å². The molecule has 0 spiro atoms. The molecule has 240 valence electrons. The zero-order valence-corrected chi connectivity index (χ0v) is 25.8. The Hall–Kier alpha value is -3.83. The lowest BCUT2D eigenvalue weighted by atomic mass is 9.92. The van der Waals surface area contributed by atoms with Gasteiger partial charge in [-0.05, 0) is 52.9 Å². The number of carbonyl (C=O) groups is 5. The number of rotatable bonds is 3. The van der Waals surface area contributed by atoms with Gasteiger partial charge in [-0.15, -0.1) is 0 Å². The minimum atomic E-state index is -1.43. The van der Waals surface area contributed by atoms with Gasteiger partial charge in [-0.2, -0.15) is 0 Å². The molecule has 7 atom stereocenters. The van der Waals surface area contributed by atoms with Gasteiger partial charge >= 0.3 is 18.1 Å². The quantitative estimate of drug-likeness (QED) is 0.358. The molecule has 2 unspecified atom stereocenters. The fourth-order valence-corrected chi connectivity index (χ4v) is 6.76. The molecule has 3 heterocycles. The molecule has 3 fully saturated rings. The Morgan fingerprint density at radius 1 is 1.00 bits per heavy atom. The summed E-state index contributed by atoms with van der Waals surface area (Å²) in [5, 5.41) is 18.5. The first-order valence-corrected chi connectivity index (χ1v) is 15.8. The highest BCUT2D eigenvalue weighted by molar-refractivity contribution is 5.96. The molecule has 2 saturated heterocycles. The van der Waals surface area contributed by atoms with Gasteiger partial charge in [0.05, 0.1) is 6.04 Å². The molecule has 5 rings (SSSR count). The van der Waals surface area contributed by atoms with Crippen molar-refractivity contribution in [2.45, 2.75) is 95.0 Å². The molecule has 2 aliphatic carbocycles. The number of ether oxygens (including phenoxy) is 1. The predicted molar refractivity (Wildman–Crippen MR) is 161 cm³/mol. The second kappa shape index (κ2) is 12.6. The number of nitrogens with zero attached hydrogens (tertiary/aromatic N) is 2. The number of nitrogens with one attached hydrogen (secondary N) is 3. The lowest BCUT2D eigenvalue weighted by molar-refractivity contribution is -0.145. The summed E-state index contributed by atoms with van der Waals surface area (Å²) in [5.74, 6) is -1.98. The number of fused-ring (bicyclic) bond motifs is 3. The van der Waals surface area contributed by atoms with E-state index in [0.717, 1.165) is 19.3 Å². The summed E-state index contributed by atoms with van der Waals surface area (Å²) in [6, 6.07) is -2.76. The number of hydrogen-bond donors (Lipinski definition) is 4. The molecule has 3 aliphatic heterocycles. The van der Waals surface area contributed by atoms with Crippen molar-refractivity contribution in [3.8, 4) is 0 Å². The van der Waals surface area contributed by atoms with Gasteiger partial charge in [0.1, 0.15) is 23.2 Å². The highest BCUT2D eigenvalue weighted by Gasteiger charge is 2.61. The maximum Gasteiger partial charge on any atom is 0.408 e. The molecule has 5 aliphatic rings. The average Bonchev–Trinajstić information content (AvgIpc) is 3.27. The Balaban J connectivity index is 1.36. The smallest absolute Gasteiger partial charge is 0.408 e. The molecule has 12 nitrogen and oxygen atoms in total. The minimum absolute atomic E-state index is 0.0546. The number of carboxylic acids is 1. The summed E-state index contributed by atoms with van der Waals surface area (Å²) in [5.41, 5.74) is -2.19. The van der Waals surface area contributed by atoms with E-state index < -0.39 is 53.1 Å². The van der Waals surface area contributed by atoms with Crippen molar-refractivity contribution in [3.63, 3.8) is 0 Å². The summed E-state index contributed by atoms with van der Waals surface area (Å²) in [6.45, 7) is 6.41. The summed E-state index contributed by atoms with van der Waals surface area (Å²) >= 11 is 0. The Morgan fingerprint density at radius 2 is 1.70 bits per heavy atom. The second-order valence-electron chi connectivity index (χ2n) is 13.7. The Labute approximate surface area is 258 Å². The molecule has 5 amide bonds. The predicted octanol–water partition coefficient (Wildman–Crippen LogP) is 2.71. The number of alkyl carbamates (subject to hydrolysis) is 1. The van der Waals surface area contributed by atoms with Gasteiger partial charge in [-0.25, -0.2) is 14.4 Å². The highest BCUT2D eigenvalue weighted by Crippen LogP contribution is 2.45. The second-order valence-corrected chi connectivity index (χ2v) is 13.7. The van der Waals surface area contributed by atoms with E-state index in [0.29, 0.717) is 25.9 Å². The van der Waals surface area contributed by atoms with Crippen molar-refractivity contribution in [2.75, 3.05) is 19.6 Å². The summed E-state index contributed by atoms with van der Waals surface area (Å²) in [7, 11) is 0. The van der Waals surface area contributed by atoms with Crippen LogP contribution in [-0.4, -0.2) is 93.7 Å². The lowest BCUT2D eigenvalue weighted by Crippen LogP contribution is -2.56. The Morgan fingerprint density at radius 3 is 2.36 bits per heavy atom. The number of carboxylic acid groups (broad SMARTS) is 1. The van der Waals surface area contributed by atoms with Gasteiger partial charge in [0.25, 0.3) is 0 Å². The van der Waals surface area contributed by atoms with Gasteiger partial charge < -0.3 is 35.6 Å². The zero-order valence-electron chi connectivity index (χ0n) is 25.8. The third-order valence-electron chi connectivity index (χ3n) is 9.21. The van der Waals surface area contributed by atoms with Crippen LogP contribution in [0.1, 0.15) is 65.7 Å². The maximum atomic E-state index is 14.1. The van der Waals surface area contributed by atoms with E-state index in [-0.39, 0.29) is 43.2 Å². The van der Waals surface area contributed by atoms with Crippen LogP contribution >= 0.6 is 0 Å². The number of hydrogen-bond acceptors (Lipinski definition) is 6. The molecule has 0 radical (unpaired) electrons. The summed E-state index contributed by atoms with van der Waals surface area (Å²) in [6.07, 6.45) is 15.1. The Kier molecular flexibility index (Phi) is 9.08. The van der Waals surface area contributed by atoms with E-state index in [1.807, 2.05) is 24.3 Å². The topological polar surface area (TPSA) is 157 Å². The van der Waals surface area contributed by atoms with Crippen LogP contribution in [0.4, 0.5) is 9.59 Å². The van der Waals surface area contributed by atoms with Crippen LogP contribution in [0.15, 0.2) is 36.5 Å². The third kappa shape index (κ3) is 7.10. The summed E-state index contributed by atoms with van der Waals surface area (Å²) < 4.78 is 5.43. The third-order valence-corrected chi connectivity index (χ3v) is 9.21. The minimum Gasteiger partial charge on any atom is -0.479 e. The van der Waals surface area contributed by atoms with E-state index in [4.69, 9.17) is 4.74 Å². The number of likely N-dealkylation sites (tertiary alicyclic amines) is 1. The molecule has 0 aromatic rings. The molecule has 12 heteroatoms. The average molecular weight is 612 g/mol. The standard InChI is InChI=1S/C32H45N5O7/c1-31(2,3)44-30(43)34-24-14-8-6-4-5-7-13-22-16-32(22,28(40)41)35-26(38)25-15-23(19-37(25)27(24)39)33-29(42)36-17-20-11-9-10-12-21(20)18-36/h7,9-13,20-25H,4-6,8,14-19H2,1-3H3,(H,33,42)(H,34,43)(H,35,38)(H,40,41)/b13-7-/t20?,21?,22-,23-,24+,25+,32-/m1/s1. The molecule has 0 aromatic heterocycles. The van der Waals surface area contributed by atoms with Crippen molar-refractivity contribution < 1.29 is 33.8 Å². The van der Waals surface area contributed by atoms with Crippen molar-refractivity contribution >= 4 is 29.9 Å². The molecule has 44 heavy (non-hydrogen) atoms. The SMILES string of the molecule is CC(C)(C)OC(=O)N[C@H]1CCCCC/C=C\[C@@H]2C[C@@]2(C(=O)O)NC(=O)[C@@H]2C[C@@H](NC(=O)N3CC4C=CC=CC4C3)CN2C1=O. The fraction of sp³-hybridized carbons (Fsp3) is 0.656. The van der Waals surface area contributed by atoms with E-state index in [2.05, 4.69) is 28.1 Å². The normalized spacial score (nSPS) is 34.4. The van der Waals surface area contributed by atoms with Crippen LogP contribution < -0.4 is 16.0 Å². The number of allylic oxidation sites excluding steroid dienone is 3. The molecule has 0 bridgehead atoms. The number of aliphatic carboxylic acids is 1. The van der Waals surface area contributed by atoms with E-state index in [9.17, 15) is 29.1 Å². The van der Waals surface area contributed by atoms with E-state index in [1.165, 1.54) is 4.90 Å². The zero-order chi connectivity index (χ0) is 31.6. The van der Waals surface area contributed by atoms with Crippen LogP contribution in [0, 0.1) is 17.8 Å². The highest BCUT2D eigenvalue weighted by atomic mass is 16.6. The first kappa shape index (κ1) is 31.6. The molecular weight excluding hydrogens is 566 g/mol. The van der Waals surface area contributed by atoms with Gasteiger partial charge in [0.15, 0.2) is 0 Å². The lowest BCUT2D eigenvalue weighted by Gasteiger charge is -2.30. The first-order chi connectivity index (χ1) is 20.9. The van der Waals surface area contributed by atoms with Gasteiger partial charge in [0.2, 0.25) is 11.8 Å². The monoisotopic (exact) mass is 611 g/mol. The van der Waals surface area contributed by atoms with E-state index >= 15 is 0 Å². The molecule has 0 aromatic carbocycles. The Bertz CT molecular complexity index is 1240. The van der Waals surface area contributed by atoms with Crippen molar-refractivity contribution in [2.24, 2.45) is 17.8 Å². The van der Waals surface area contributed by atoms with Gasteiger partial charge in [-0.1, -0.05) is 49.3 Å². The fourth-order valence-electron chi connectivity index (χ4n) is 6.76. The maximum absolute atomic E-state index is 14.1. The van der Waals surface area contributed by atoms with Crippen molar-refractivity contribution in [3.05, 3.63) is 36.5 Å². The first-order valence-electron chi connectivity index (χ1n) is 15.8. The number of carbonyl (C=O) groups excluding carboxylic acids is 4. The van der Waals surface area contributed by atoms with Crippen LogP contribution in [0.25, 0.3) is 0 Å². The van der Waals surface area contributed by atoms with E-state index in [1.54, 1.807) is 25.7 Å². The van der Waals surface area contributed by atoms with Crippen LogP contribution in [0.2, 0.25) is 0 Å². The molecule has 4 N–H and O–H groups in total. The summed E-state index contributed by atoms with van der Waals surface area (Å²) in [4.78, 5) is 69.3. The number of amides is 5.